The van der Waals surface area contributed by atoms with Gasteiger partial charge in [-0.15, -0.1) is 24.8 Å². The summed E-state index contributed by atoms with van der Waals surface area (Å²) in [6.07, 6.45) is 10.7. The molecule has 0 aliphatic carbocycles. The van der Waals surface area contributed by atoms with Crippen LogP contribution in [0.2, 0.25) is 0 Å². The zero-order chi connectivity index (χ0) is 17.8. The number of hydrogen-bond donors (Lipinski definition) is 2. The average molecular weight is 427 g/mol. The van der Waals surface area contributed by atoms with Gasteiger partial charge < -0.3 is 15.5 Å². The summed E-state index contributed by atoms with van der Waals surface area (Å²) in [6, 6.07) is 5.82. The fourth-order valence-electron chi connectivity index (χ4n) is 3.95. The van der Waals surface area contributed by atoms with Crippen molar-refractivity contribution in [1.82, 2.24) is 20.1 Å². The van der Waals surface area contributed by atoms with E-state index >= 15 is 0 Å². The van der Waals surface area contributed by atoms with Crippen LogP contribution in [0, 0.1) is 0 Å². The minimum Gasteiger partial charge on any atom is -0.370 e. The van der Waals surface area contributed by atoms with Gasteiger partial charge in [-0.1, -0.05) is 0 Å². The molecule has 1 amide bonds. The first-order valence-corrected chi connectivity index (χ1v) is 9.51. The Kier molecular flexibility index (Phi) is 8.10. The molecule has 0 spiro atoms. The highest BCUT2D eigenvalue weighted by atomic mass is 35.5. The Morgan fingerprint density at radius 3 is 2.46 bits per heavy atom. The maximum absolute atomic E-state index is 13.1. The molecule has 2 saturated heterocycles. The van der Waals surface area contributed by atoms with E-state index in [9.17, 15) is 4.79 Å². The van der Waals surface area contributed by atoms with Crippen LogP contribution < -0.4 is 15.5 Å². The minimum absolute atomic E-state index is 0. The molecule has 0 bridgehead atoms. The van der Waals surface area contributed by atoms with Crippen molar-refractivity contribution < 1.29 is 4.79 Å². The second kappa shape index (κ2) is 10.1. The van der Waals surface area contributed by atoms with Gasteiger partial charge in [0.25, 0.3) is 5.91 Å². The highest BCUT2D eigenvalue weighted by Gasteiger charge is 2.42. The number of carbonyl (C=O) groups excluding carboxylic acids is 1. The Morgan fingerprint density at radius 2 is 1.86 bits per heavy atom. The molecular formula is C19H28Cl2N6O. The molecule has 9 heteroatoms. The van der Waals surface area contributed by atoms with Crippen molar-refractivity contribution in [1.29, 1.82) is 0 Å². The van der Waals surface area contributed by atoms with Gasteiger partial charge in [0, 0.05) is 25.5 Å². The number of piperidine rings is 2. The van der Waals surface area contributed by atoms with Crippen LogP contribution in [0.4, 0.5) is 11.5 Å². The van der Waals surface area contributed by atoms with Crippen LogP contribution in [-0.4, -0.2) is 46.9 Å². The smallest absolute Gasteiger partial charge is 0.253 e. The van der Waals surface area contributed by atoms with Crippen molar-refractivity contribution in [3.8, 4) is 0 Å². The van der Waals surface area contributed by atoms with Gasteiger partial charge in [-0.2, -0.15) is 5.10 Å². The first-order valence-electron chi connectivity index (χ1n) is 9.51. The molecule has 2 aromatic rings. The maximum Gasteiger partial charge on any atom is 0.253 e. The van der Waals surface area contributed by atoms with Crippen molar-refractivity contribution in [2.75, 3.05) is 36.4 Å². The first kappa shape index (κ1) is 22.5. The molecule has 2 N–H and O–H groups in total. The van der Waals surface area contributed by atoms with Crippen LogP contribution in [-0.2, 0) is 10.3 Å². The number of hydrogen-bond acceptors (Lipinski definition) is 5. The largest absolute Gasteiger partial charge is 0.370 e. The van der Waals surface area contributed by atoms with E-state index in [0.717, 1.165) is 31.9 Å². The lowest BCUT2D eigenvalue weighted by Gasteiger charge is -2.36. The van der Waals surface area contributed by atoms with Crippen LogP contribution in [0.1, 0.15) is 32.1 Å². The Labute approximate surface area is 178 Å². The summed E-state index contributed by atoms with van der Waals surface area (Å²) >= 11 is 0. The van der Waals surface area contributed by atoms with E-state index in [4.69, 9.17) is 0 Å². The van der Waals surface area contributed by atoms with Gasteiger partial charge in [0.2, 0.25) is 0 Å². The summed E-state index contributed by atoms with van der Waals surface area (Å²) in [4.78, 5) is 20.0. The third kappa shape index (κ3) is 4.59. The zero-order valence-electron chi connectivity index (χ0n) is 15.8. The van der Waals surface area contributed by atoms with E-state index < -0.39 is 5.54 Å². The number of pyridine rings is 1. The summed E-state index contributed by atoms with van der Waals surface area (Å²) < 4.78 is 1.80. The van der Waals surface area contributed by atoms with E-state index in [0.29, 0.717) is 18.7 Å². The number of nitrogens with one attached hydrogen (secondary N) is 2. The van der Waals surface area contributed by atoms with Crippen LogP contribution >= 0.6 is 24.8 Å². The summed E-state index contributed by atoms with van der Waals surface area (Å²) in [5, 5.41) is 10.7. The van der Waals surface area contributed by atoms with Gasteiger partial charge in [-0.05, 0) is 63.4 Å². The summed E-state index contributed by atoms with van der Waals surface area (Å²) in [7, 11) is 0. The average Bonchev–Trinajstić information content (AvgIpc) is 3.25. The zero-order valence-corrected chi connectivity index (χ0v) is 17.5. The highest BCUT2D eigenvalue weighted by Crippen LogP contribution is 2.29. The topological polar surface area (TPSA) is 75.1 Å². The molecule has 4 heterocycles. The second-order valence-corrected chi connectivity index (χ2v) is 7.14. The van der Waals surface area contributed by atoms with Crippen molar-refractivity contribution in [3.63, 3.8) is 0 Å². The Hall–Kier alpha value is -1.83. The van der Waals surface area contributed by atoms with Crippen molar-refractivity contribution in [2.45, 2.75) is 37.6 Å². The monoisotopic (exact) mass is 426 g/mol. The summed E-state index contributed by atoms with van der Waals surface area (Å²) in [6.45, 7) is 3.77. The molecule has 0 unspecified atom stereocenters. The summed E-state index contributed by atoms with van der Waals surface area (Å²) in [5.41, 5.74) is 0.480. The first-order chi connectivity index (χ1) is 12.8. The van der Waals surface area contributed by atoms with Crippen LogP contribution in [0.25, 0.3) is 0 Å². The van der Waals surface area contributed by atoms with Crippen molar-refractivity contribution >= 4 is 42.2 Å². The van der Waals surface area contributed by atoms with Gasteiger partial charge in [0.1, 0.15) is 11.4 Å². The van der Waals surface area contributed by atoms with Gasteiger partial charge in [0.05, 0.1) is 11.9 Å². The van der Waals surface area contributed by atoms with Crippen LogP contribution in [0.5, 0.6) is 0 Å². The third-order valence-electron chi connectivity index (χ3n) is 5.51. The molecule has 7 nitrogen and oxygen atoms in total. The Morgan fingerprint density at radius 1 is 1.11 bits per heavy atom. The standard InChI is InChI=1S/C19H26N6O.2ClH/c26-18(19(7-10-20-11-8-19)25-14-4-9-22-25)23-17-6-5-16(15-21-17)24-12-2-1-3-13-24;;/h4-6,9,14-15,20H,1-3,7-8,10-13H2,(H,21,23,26);2*1H. The number of carbonyl (C=O) groups is 1. The number of aromatic nitrogens is 3. The van der Waals surface area contributed by atoms with Crippen LogP contribution in [0.3, 0.4) is 0 Å². The van der Waals surface area contributed by atoms with Crippen LogP contribution in [0.15, 0.2) is 36.8 Å². The highest BCUT2D eigenvalue weighted by molar-refractivity contribution is 5.96. The fraction of sp³-hybridized carbons (Fsp3) is 0.526. The molecule has 154 valence electrons. The predicted molar refractivity (Wildman–Crippen MR) is 116 cm³/mol. The number of amides is 1. The predicted octanol–water partition coefficient (Wildman–Crippen LogP) is 2.83. The van der Waals surface area contributed by atoms with Gasteiger partial charge in [-0.3, -0.25) is 9.48 Å². The molecule has 2 aliphatic heterocycles. The van der Waals surface area contributed by atoms with Gasteiger partial charge in [-0.25, -0.2) is 4.98 Å². The number of halogens is 2. The maximum atomic E-state index is 13.1. The summed E-state index contributed by atoms with van der Waals surface area (Å²) in [5.74, 6) is 0.557. The molecule has 28 heavy (non-hydrogen) atoms. The van der Waals surface area contributed by atoms with Crippen molar-refractivity contribution in [2.24, 2.45) is 0 Å². The molecule has 0 aromatic carbocycles. The molecule has 4 rings (SSSR count). The Balaban J connectivity index is 0.00000140. The molecule has 2 fully saturated rings. The molecular weight excluding hydrogens is 399 g/mol. The van der Waals surface area contributed by atoms with E-state index in [1.807, 2.05) is 24.5 Å². The SMILES string of the molecule is Cl.Cl.O=C(Nc1ccc(N2CCCCC2)cn1)C1(n2cccn2)CCNCC1. The van der Waals surface area contributed by atoms with E-state index in [1.54, 1.807) is 10.9 Å². The lowest BCUT2D eigenvalue weighted by atomic mass is 9.87. The Bertz CT molecular complexity index is 725. The molecule has 2 aliphatic rings. The normalized spacial score (nSPS) is 18.5. The minimum atomic E-state index is -0.651. The quantitative estimate of drug-likeness (QED) is 0.785. The number of nitrogens with zero attached hydrogens (tertiary/aromatic N) is 4. The number of rotatable bonds is 4. The molecule has 0 atom stereocenters. The van der Waals surface area contributed by atoms with Gasteiger partial charge in [0.15, 0.2) is 0 Å². The van der Waals surface area contributed by atoms with E-state index in [2.05, 4.69) is 31.7 Å². The molecule has 0 radical (unpaired) electrons. The lowest BCUT2D eigenvalue weighted by Crippen LogP contribution is -2.52. The molecule has 0 saturated carbocycles. The fourth-order valence-corrected chi connectivity index (χ4v) is 3.95. The van der Waals surface area contributed by atoms with E-state index in [1.165, 1.54) is 19.3 Å². The lowest BCUT2D eigenvalue weighted by molar-refractivity contribution is -0.126. The number of anilines is 2. The van der Waals surface area contributed by atoms with E-state index in [-0.39, 0.29) is 30.7 Å². The van der Waals surface area contributed by atoms with Gasteiger partial charge >= 0.3 is 0 Å². The second-order valence-electron chi connectivity index (χ2n) is 7.14. The third-order valence-corrected chi connectivity index (χ3v) is 5.51. The van der Waals surface area contributed by atoms with Crippen molar-refractivity contribution in [3.05, 3.63) is 36.8 Å². The molecule has 2 aromatic heterocycles.